The van der Waals surface area contributed by atoms with Gasteiger partial charge in [-0.1, -0.05) is 42.0 Å². The molecule has 18 heavy (non-hydrogen) atoms. The van der Waals surface area contributed by atoms with E-state index in [-0.39, 0.29) is 11.1 Å². The molecule has 0 heterocycles. The summed E-state index contributed by atoms with van der Waals surface area (Å²) in [6.45, 7) is 5.66. The Bertz CT molecular complexity index is 554. The van der Waals surface area contributed by atoms with Gasteiger partial charge in [0.25, 0.3) is 5.92 Å². The second-order valence-electron chi connectivity index (χ2n) is 4.74. The van der Waals surface area contributed by atoms with Gasteiger partial charge in [-0.2, -0.15) is 8.78 Å². The van der Waals surface area contributed by atoms with Crippen LogP contribution in [-0.4, -0.2) is 0 Å². The van der Waals surface area contributed by atoms with Gasteiger partial charge in [0.15, 0.2) is 0 Å². The summed E-state index contributed by atoms with van der Waals surface area (Å²) in [4.78, 5) is 0. The quantitative estimate of drug-likeness (QED) is 0.717. The average Bonchev–Trinajstić information content (AvgIpc) is 2.33. The molecule has 0 saturated carbocycles. The molecule has 94 valence electrons. The third-order valence-electron chi connectivity index (χ3n) is 3.28. The molecular weight excluding hydrogens is 230 g/mol. The first kappa shape index (κ1) is 12.7. The lowest BCUT2D eigenvalue weighted by atomic mass is 9.96. The zero-order valence-electron chi connectivity index (χ0n) is 10.8. The molecule has 0 nitrogen and oxygen atoms in total. The van der Waals surface area contributed by atoms with Crippen LogP contribution < -0.4 is 0 Å². The largest absolute Gasteiger partial charge is 0.298 e. The minimum absolute atomic E-state index is 0.0383. The van der Waals surface area contributed by atoms with E-state index in [4.69, 9.17) is 0 Å². The molecule has 0 N–H and O–H groups in total. The second kappa shape index (κ2) is 4.52. The fourth-order valence-electron chi connectivity index (χ4n) is 1.87. The van der Waals surface area contributed by atoms with Crippen LogP contribution in [0.1, 0.15) is 27.8 Å². The van der Waals surface area contributed by atoms with Crippen LogP contribution in [0.3, 0.4) is 0 Å². The van der Waals surface area contributed by atoms with E-state index in [1.165, 1.54) is 18.2 Å². The van der Waals surface area contributed by atoms with E-state index in [9.17, 15) is 8.78 Å². The van der Waals surface area contributed by atoms with Gasteiger partial charge < -0.3 is 0 Å². The molecule has 2 aromatic rings. The summed E-state index contributed by atoms with van der Waals surface area (Å²) in [5.41, 5.74) is 2.98. The third-order valence-corrected chi connectivity index (χ3v) is 3.28. The second-order valence-corrected chi connectivity index (χ2v) is 4.74. The van der Waals surface area contributed by atoms with Crippen LogP contribution in [-0.2, 0) is 5.92 Å². The maximum Gasteiger partial charge on any atom is 0.298 e. The fourth-order valence-corrected chi connectivity index (χ4v) is 1.87. The summed E-state index contributed by atoms with van der Waals surface area (Å²) in [7, 11) is 0. The number of benzene rings is 2. The molecule has 0 aromatic heterocycles. The molecule has 0 amide bonds. The molecule has 0 aliphatic heterocycles. The van der Waals surface area contributed by atoms with Crippen LogP contribution >= 0.6 is 0 Å². The van der Waals surface area contributed by atoms with Gasteiger partial charge >= 0.3 is 0 Å². The van der Waals surface area contributed by atoms with Gasteiger partial charge in [0.1, 0.15) is 0 Å². The minimum atomic E-state index is -2.94. The third kappa shape index (κ3) is 2.28. The maximum atomic E-state index is 14.3. The summed E-state index contributed by atoms with van der Waals surface area (Å²) < 4.78 is 28.7. The summed E-state index contributed by atoms with van der Waals surface area (Å²) in [6, 6.07) is 11.2. The van der Waals surface area contributed by atoms with Crippen molar-refractivity contribution >= 4 is 0 Å². The smallest absolute Gasteiger partial charge is 0.196 e. The Balaban J connectivity index is 2.46. The van der Waals surface area contributed by atoms with E-state index < -0.39 is 5.92 Å². The number of halogens is 2. The van der Waals surface area contributed by atoms with Crippen LogP contribution in [0.15, 0.2) is 42.5 Å². The Morgan fingerprint density at radius 2 is 1.28 bits per heavy atom. The summed E-state index contributed by atoms with van der Waals surface area (Å²) in [6.07, 6.45) is 0. The van der Waals surface area contributed by atoms with Gasteiger partial charge in [-0.05, 0) is 38.0 Å². The van der Waals surface area contributed by atoms with Gasteiger partial charge in [-0.25, -0.2) is 0 Å². The molecule has 0 fully saturated rings. The van der Waals surface area contributed by atoms with Crippen molar-refractivity contribution in [3.63, 3.8) is 0 Å². The van der Waals surface area contributed by atoms with Gasteiger partial charge in [0.05, 0.1) is 0 Å². The Morgan fingerprint density at radius 1 is 0.722 bits per heavy atom. The van der Waals surface area contributed by atoms with Crippen LogP contribution in [0.2, 0.25) is 0 Å². The van der Waals surface area contributed by atoms with Crippen molar-refractivity contribution in [2.24, 2.45) is 0 Å². The number of hydrogen-bond donors (Lipinski definition) is 0. The molecule has 0 unspecified atom stereocenters. The maximum absolute atomic E-state index is 14.3. The van der Waals surface area contributed by atoms with Gasteiger partial charge in [-0.3, -0.25) is 0 Å². The number of rotatable bonds is 2. The Labute approximate surface area is 106 Å². The SMILES string of the molecule is Cc1ccc(C(F)(F)c2ccc(C)c(C)c2)cc1. The van der Waals surface area contributed by atoms with Gasteiger partial charge in [0, 0.05) is 11.1 Å². The fraction of sp³-hybridized carbons (Fsp3) is 0.250. The Kier molecular flexibility index (Phi) is 3.20. The number of hydrogen-bond acceptors (Lipinski definition) is 0. The van der Waals surface area contributed by atoms with Gasteiger partial charge in [0.2, 0.25) is 0 Å². The van der Waals surface area contributed by atoms with Crippen molar-refractivity contribution in [1.82, 2.24) is 0 Å². The molecule has 0 spiro atoms. The van der Waals surface area contributed by atoms with Gasteiger partial charge in [-0.15, -0.1) is 0 Å². The molecular formula is C16H16F2. The normalized spacial score (nSPS) is 11.6. The summed E-state index contributed by atoms with van der Waals surface area (Å²) in [5, 5.41) is 0. The van der Waals surface area contributed by atoms with Crippen molar-refractivity contribution in [2.45, 2.75) is 26.7 Å². The highest BCUT2D eigenvalue weighted by atomic mass is 19.3. The lowest BCUT2D eigenvalue weighted by Gasteiger charge is -2.18. The van der Waals surface area contributed by atoms with E-state index in [1.807, 2.05) is 20.8 Å². The predicted molar refractivity (Wildman–Crippen MR) is 70.1 cm³/mol. The average molecular weight is 246 g/mol. The van der Waals surface area contributed by atoms with Crippen LogP contribution in [0.25, 0.3) is 0 Å². The molecule has 0 aliphatic carbocycles. The van der Waals surface area contributed by atoms with E-state index in [2.05, 4.69) is 0 Å². The number of aryl methyl sites for hydroxylation is 3. The molecule has 0 saturated heterocycles. The predicted octanol–water partition coefficient (Wildman–Crippen LogP) is 4.75. The van der Waals surface area contributed by atoms with E-state index in [0.29, 0.717) is 0 Å². The highest BCUT2D eigenvalue weighted by molar-refractivity contribution is 5.38. The zero-order chi connectivity index (χ0) is 13.3. The molecule has 0 radical (unpaired) electrons. The molecule has 2 rings (SSSR count). The Morgan fingerprint density at radius 3 is 1.83 bits per heavy atom. The zero-order valence-corrected chi connectivity index (χ0v) is 10.8. The molecule has 0 aliphatic rings. The standard InChI is InChI=1S/C16H16F2/c1-11-4-7-14(8-5-11)16(17,18)15-9-6-12(2)13(3)10-15/h4-10H,1-3H3. The lowest BCUT2D eigenvalue weighted by molar-refractivity contribution is 0.0427. The van der Waals surface area contributed by atoms with Crippen molar-refractivity contribution < 1.29 is 8.78 Å². The van der Waals surface area contributed by atoms with E-state index >= 15 is 0 Å². The van der Waals surface area contributed by atoms with Crippen LogP contribution in [0, 0.1) is 20.8 Å². The first-order valence-electron chi connectivity index (χ1n) is 5.94. The Hall–Kier alpha value is -1.70. The highest BCUT2D eigenvalue weighted by Gasteiger charge is 2.33. The first-order valence-corrected chi connectivity index (χ1v) is 5.94. The topological polar surface area (TPSA) is 0 Å². The van der Waals surface area contributed by atoms with E-state index in [0.717, 1.165) is 16.7 Å². The monoisotopic (exact) mass is 246 g/mol. The number of alkyl halides is 2. The summed E-state index contributed by atoms with van der Waals surface area (Å²) >= 11 is 0. The summed E-state index contributed by atoms with van der Waals surface area (Å²) in [5.74, 6) is -2.94. The van der Waals surface area contributed by atoms with Crippen molar-refractivity contribution in [3.8, 4) is 0 Å². The highest BCUT2D eigenvalue weighted by Crippen LogP contribution is 2.36. The molecule has 0 bridgehead atoms. The van der Waals surface area contributed by atoms with E-state index in [1.54, 1.807) is 24.3 Å². The van der Waals surface area contributed by atoms with Crippen LogP contribution in [0.4, 0.5) is 8.78 Å². The van der Waals surface area contributed by atoms with Crippen LogP contribution in [0.5, 0.6) is 0 Å². The molecule has 0 atom stereocenters. The minimum Gasteiger partial charge on any atom is -0.196 e. The van der Waals surface area contributed by atoms with Crippen molar-refractivity contribution in [1.29, 1.82) is 0 Å². The first-order chi connectivity index (χ1) is 8.41. The lowest BCUT2D eigenvalue weighted by Crippen LogP contribution is -2.15. The van der Waals surface area contributed by atoms with Crippen molar-refractivity contribution in [3.05, 3.63) is 70.3 Å². The molecule has 2 aromatic carbocycles. The molecule has 2 heteroatoms. The van der Waals surface area contributed by atoms with Crippen molar-refractivity contribution in [2.75, 3.05) is 0 Å².